The molecule has 3 heterocycles. The van der Waals surface area contributed by atoms with Crippen LogP contribution in [-0.2, 0) is 11.2 Å². The van der Waals surface area contributed by atoms with E-state index in [4.69, 9.17) is 4.52 Å². The Kier molecular flexibility index (Phi) is 4.77. The molecule has 0 aliphatic heterocycles. The fourth-order valence-corrected chi connectivity index (χ4v) is 3.19. The minimum atomic E-state index is -0.146. The lowest BCUT2D eigenvalue weighted by atomic mass is 10.2. The first kappa shape index (κ1) is 15.8. The lowest BCUT2D eigenvalue weighted by molar-refractivity contribution is -0.116. The summed E-state index contributed by atoms with van der Waals surface area (Å²) in [5, 5.41) is 18.0. The van der Waals surface area contributed by atoms with Crippen molar-refractivity contribution in [3.63, 3.8) is 0 Å². The van der Waals surface area contributed by atoms with Crippen molar-refractivity contribution in [1.29, 1.82) is 0 Å². The number of aryl methyl sites for hydroxylation is 1. The topological polar surface area (TPSA) is 93.8 Å². The molecule has 3 rings (SSSR count). The summed E-state index contributed by atoms with van der Waals surface area (Å²) in [7, 11) is 0. The Hall–Kier alpha value is -2.13. The van der Waals surface area contributed by atoms with Crippen LogP contribution in [0.25, 0.3) is 10.7 Å². The van der Waals surface area contributed by atoms with Crippen LogP contribution in [0, 0.1) is 0 Å². The van der Waals surface area contributed by atoms with Crippen molar-refractivity contribution >= 4 is 33.7 Å². The van der Waals surface area contributed by atoms with Gasteiger partial charge < -0.3 is 9.84 Å². The number of amides is 1. The third kappa shape index (κ3) is 3.99. The number of carbonyl (C=O) groups is 1. The van der Waals surface area contributed by atoms with E-state index in [9.17, 15) is 4.79 Å². The molecule has 0 saturated heterocycles. The number of nitrogens with zero attached hydrogens (tertiary/aromatic N) is 4. The predicted molar refractivity (Wildman–Crippen MR) is 88.6 cm³/mol. The molecule has 0 saturated carbocycles. The van der Waals surface area contributed by atoms with Crippen LogP contribution in [0.2, 0.25) is 0 Å². The molecule has 23 heavy (non-hydrogen) atoms. The van der Waals surface area contributed by atoms with Gasteiger partial charge in [-0.3, -0.25) is 4.79 Å². The molecule has 1 N–H and O–H groups in total. The van der Waals surface area contributed by atoms with Gasteiger partial charge in [0.25, 0.3) is 0 Å². The molecule has 120 valence electrons. The minimum Gasteiger partial charge on any atom is -0.339 e. The number of aromatic nitrogens is 4. The van der Waals surface area contributed by atoms with Crippen molar-refractivity contribution in [2.75, 3.05) is 5.32 Å². The number of thiophene rings is 1. The van der Waals surface area contributed by atoms with E-state index in [1.165, 1.54) is 11.3 Å². The second-order valence-corrected chi connectivity index (χ2v) is 7.09. The van der Waals surface area contributed by atoms with Crippen LogP contribution in [-0.4, -0.2) is 26.2 Å². The van der Waals surface area contributed by atoms with Gasteiger partial charge in [0.05, 0.1) is 4.88 Å². The van der Waals surface area contributed by atoms with E-state index in [1.807, 2.05) is 31.4 Å². The van der Waals surface area contributed by atoms with Gasteiger partial charge in [-0.15, -0.1) is 21.5 Å². The van der Waals surface area contributed by atoms with Gasteiger partial charge in [-0.1, -0.05) is 36.4 Å². The van der Waals surface area contributed by atoms with Crippen LogP contribution in [0.5, 0.6) is 0 Å². The molecule has 0 bridgehead atoms. The Morgan fingerprint density at radius 1 is 1.39 bits per heavy atom. The van der Waals surface area contributed by atoms with Crippen molar-refractivity contribution in [3.8, 4) is 10.7 Å². The summed E-state index contributed by atoms with van der Waals surface area (Å²) in [5.74, 6) is 1.16. The van der Waals surface area contributed by atoms with Crippen LogP contribution in [0.4, 0.5) is 5.13 Å². The molecule has 0 fully saturated rings. The van der Waals surface area contributed by atoms with E-state index in [0.717, 1.165) is 9.88 Å². The molecule has 9 heteroatoms. The quantitative estimate of drug-likeness (QED) is 0.733. The number of hydrogen-bond donors (Lipinski definition) is 1. The normalized spacial score (nSPS) is 11.1. The zero-order valence-electron chi connectivity index (χ0n) is 12.6. The maximum absolute atomic E-state index is 11.9. The van der Waals surface area contributed by atoms with Crippen LogP contribution in [0.15, 0.2) is 22.0 Å². The van der Waals surface area contributed by atoms with Crippen molar-refractivity contribution in [1.82, 2.24) is 20.3 Å². The second-order valence-electron chi connectivity index (χ2n) is 5.14. The van der Waals surface area contributed by atoms with Crippen LogP contribution in [0.1, 0.15) is 37.1 Å². The van der Waals surface area contributed by atoms with Gasteiger partial charge in [0, 0.05) is 18.8 Å². The zero-order chi connectivity index (χ0) is 16.2. The molecule has 0 unspecified atom stereocenters. The molecule has 3 aromatic heterocycles. The summed E-state index contributed by atoms with van der Waals surface area (Å²) >= 11 is 2.93. The highest BCUT2D eigenvalue weighted by Gasteiger charge is 2.13. The molecule has 0 aromatic carbocycles. The Morgan fingerprint density at radius 2 is 2.26 bits per heavy atom. The summed E-state index contributed by atoms with van der Waals surface area (Å²) in [6, 6.07) is 3.85. The van der Waals surface area contributed by atoms with Crippen LogP contribution >= 0.6 is 22.7 Å². The number of hydrogen-bond acceptors (Lipinski definition) is 8. The van der Waals surface area contributed by atoms with Gasteiger partial charge in [-0.2, -0.15) is 4.98 Å². The third-order valence-electron chi connectivity index (χ3n) is 2.96. The van der Waals surface area contributed by atoms with Gasteiger partial charge in [0.15, 0.2) is 0 Å². The summed E-state index contributed by atoms with van der Waals surface area (Å²) in [4.78, 5) is 17.2. The molecule has 7 nitrogen and oxygen atoms in total. The van der Waals surface area contributed by atoms with Crippen molar-refractivity contribution < 1.29 is 9.32 Å². The van der Waals surface area contributed by atoms with Gasteiger partial charge >= 0.3 is 0 Å². The Balaban J connectivity index is 1.52. The first-order chi connectivity index (χ1) is 11.1. The second kappa shape index (κ2) is 6.97. The summed E-state index contributed by atoms with van der Waals surface area (Å²) in [6.07, 6.45) is 0.642. The Bertz CT molecular complexity index is 779. The lowest BCUT2D eigenvalue weighted by Crippen LogP contribution is -2.12. The number of nitrogens with one attached hydrogen (secondary N) is 1. The maximum Gasteiger partial charge on any atom is 0.227 e. The molecule has 0 aliphatic rings. The predicted octanol–water partition coefficient (Wildman–Crippen LogP) is 3.34. The van der Waals surface area contributed by atoms with E-state index in [1.54, 1.807) is 11.3 Å². The average Bonchev–Trinajstić information content (AvgIpc) is 3.25. The van der Waals surface area contributed by atoms with Crippen LogP contribution < -0.4 is 5.32 Å². The maximum atomic E-state index is 11.9. The SMILES string of the molecule is CC(C)c1nnc(NC(=O)CCc2nc(-c3cccs3)no2)s1. The van der Waals surface area contributed by atoms with E-state index in [2.05, 4.69) is 25.7 Å². The first-order valence-electron chi connectivity index (χ1n) is 7.11. The number of carbonyl (C=O) groups excluding carboxylic acids is 1. The molecule has 0 atom stereocenters. The summed E-state index contributed by atoms with van der Waals surface area (Å²) in [5.41, 5.74) is 0. The van der Waals surface area contributed by atoms with E-state index >= 15 is 0 Å². The molecular formula is C14H15N5O2S2. The van der Waals surface area contributed by atoms with Gasteiger partial charge in [-0.25, -0.2) is 0 Å². The molecule has 1 amide bonds. The van der Waals surface area contributed by atoms with Crippen molar-refractivity contribution in [2.45, 2.75) is 32.6 Å². The van der Waals surface area contributed by atoms with Gasteiger partial charge in [-0.05, 0) is 11.4 Å². The third-order valence-corrected chi connectivity index (χ3v) is 4.96. The fraction of sp³-hybridized carbons (Fsp3) is 0.357. The highest BCUT2D eigenvalue weighted by Crippen LogP contribution is 2.23. The Labute approximate surface area is 140 Å². The van der Waals surface area contributed by atoms with Gasteiger partial charge in [0.1, 0.15) is 5.01 Å². The number of anilines is 1. The molecule has 0 radical (unpaired) electrons. The van der Waals surface area contributed by atoms with E-state index < -0.39 is 0 Å². The van der Waals surface area contributed by atoms with E-state index in [0.29, 0.717) is 29.2 Å². The first-order valence-corrected chi connectivity index (χ1v) is 8.81. The minimum absolute atomic E-state index is 0.146. The number of rotatable bonds is 6. The molecule has 0 aliphatic carbocycles. The van der Waals surface area contributed by atoms with Crippen molar-refractivity contribution in [2.24, 2.45) is 0 Å². The highest BCUT2D eigenvalue weighted by molar-refractivity contribution is 7.15. The monoisotopic (exact) mass is 349 g/mol. The molecule has 3 aromatic rings. The van der Waals surface area contributed by atoms with E-state index in [-0.39, 0.29) is 12.3 Å². The van der Waals surface area contributed by atoms with Crippen molar-refractivity contribution in [3.05, 3.63) is 28.4 Å². The largest absolute Gasteiger partial charge is 0.339 e. The lowest BCUT2D eigenvalue weighted by Gasteiger charge is -1.98. The Morgan fingerprint density at radius 3 is 2.96 bits per heavy atom. The summed E-state index contributed by atoms with van der Waals surface area (Å²) in [6.45, 7) is 4.07. The summed E-state index contributed by atoms with van der Waals surface area (Å²) < 4.78 is 5.16. The highest BCUT2D eigenvalue weighted by atomic mass is 32.1. The standard InChI is InChI=1S/C14H15N5O2S2/c1-8(2)13-17-18-14(23-13)15-10(20)5-6-11-16-12(19-21-11)9-4-3-7-22-9/h3-4,7-8H,5-6H2,1-2H3,(H,15,18,20). The van der Waals surface area contributed by atoms with Gasteiger partial charge in [0.2, 0.25) is 22.8 Å². The van der Waals surface area contributed by atoms with Crippen LogP contribution in [0.3, 0.4) is 0 Å². The smallest absolute Gasteiger partial charge is 0.227 e. The molecule has 0 spiro atoms. The average molecular weight is 349 g/mol. The zero-order valence-corrected chi connectivity index (χ0v) is 14.3. The molecular weight excluding hydrogens is 334 g/mol. The fourth-order valence-electron chi connectivity index (χ4n) is 1.78.